The second-order valence-corrected chi connectivity index (χ2v) is 7.30. The average molecular weight is 387 g/mol. The molecule has 3 heterocycles. The van der Waals surface area contributed by atoms with E-state index in [0.29, 0.717) is 12.4 Å². The number of nitrogens with zero attached hydrogens (tertiary/aromatic N) is 5. The van der Waals surface area contributed by atoms with E-state index in [1.54, 1.807) is 12.4 Å². The fraction of sp³-hybridized carbons (Fsp3) is 0.400. The van der Waals surface area contributed by atoms with Gasteiger partial charge in [0, 0.05) is 38.2 Å². The maximum Gasteiger partial charge on any atom is 0.151 e. The van der Waals surface area contributed by atoms with Crippen LogP contribution in [0.25, 0.3) is 5.69 Å². The number of hydrogen-bond donors (Lipinski definition) is 1. The molecule has 0 aliphatic carbocycles. The third-order valence-corrected chi connectivity index (χ3v) is 5.39. The predicted octanol–water partition coefficient (Wildman–Crippen LogP) is 2.83. The minimum absolute atomic E-state index is 0.184. The van der Waals surface area contributed by atoms with Crippen molar-refractivity contribution in [1.29, 1.82) is 0 Å². The lowest BCUT2D eigenvalue weighted by Crippen LogP contribution is -2.35. The number of halogens is 2. The van der Waals surface area contributed by atoms with E-state index in [2.05, 4.69) is 15.0 Å². The Morgan fingerprint density at radius 1 is 1.18 bits per heavy atom. The molecule has 0 saturated carbocycles. The first-order chi connectivity index (χ1) is 13.5. The number of piperidine rings is 1. The molecule has 1 aromatic carbocycles. The van der Waals surface area contributed by atoms with Gasteiger partial charge in [-0.2, -0.15) is 5.10 Å². The number of aliphatic hydroxyl groups is 1. The highest BCUT2D eigenvalue weighted by Crippen LogP contribution is 2.30. The van der Waals surface area contributed by atoms with E-state index in [9.17, 15) is 13.9 Å². The highest BCUT2D eigenvalue weighted by Gasteiger charge is 2.28. The van der Waals surface area contributed by atoms with Gasteiger partial charge in [0.1, 0.15) is 23.4 Å². The van der Waals surface area contributed by atoms with Crippen molar-refractivity contribution in [3.63, 3.8) is 0 Å². The molecule has 1 fully saturated rings. The minimum atomic E-state index is -0.640. The molecular formula is C20H23F2N5O. The van der Waals surface area contributed by atoms with Crippen LogP contribution in [-0.2, 0) is 13.6 Å². The third-order valence-electron chi connectivity index (χ3n) is 5.39. The first-order valence-corrected chi connectivity index (χ1v) is 9.39. The van der Waals surface area contributed by atoms with Gasteiger partial charge >= 0.3 is 0 Å². The van der Waals surface area contributed by atoms with Gasteiger partial charge in [0.05, 0.1) is 5.69 Å². The number of aliphatic hydroxyl groups excluding tert-OH is 1. The van der Waals surface area contributed by atoms with Crippen LogP contribution in [0, 0.1) is 17.6 Å². The Labute approximate surface area is 162 Å². The van der Waals surface area contributed by atoms with Crippen molar-refractivity contribution in [1.82, 2.24) is 24.2 Å². The van der Waals surface area contributed by atoms with E-state index >= 15 is 0 Å². The molecule has 0 amide bonds. The van der Waals surface area contributed by atoms with Crippen molar-refractivity contribution in [2.45, 2.75) is 25.5 Å². The monoisotopic (exact) mass is 387 g/mol. The fourth-order valence-corrected chi connectivity index (χ4v) is 3.78. The Morgan fingerprint density at radius 3 is 2.64 bits per heavy atom. The highest BCUT2D eigenvalue weighted by atomic mass is 19.1. The van der Waals surface area contributed by atoms with Gasteiger partial charge in [-0.3, -0.25) is 4.90 Å². The molecule has 1 aliphatic rings. The largest absolute Gasteiger partial charge is 0.385 e. The van der Waals surface area contributed by atoms with Crippen LogP contribution >= 0.6 is 0 Å². The highest BCUT2D eigenvalue weighted by molar-refractivity contribution is 5.33. The number of aryl methyl sites for hydroxylation is 1. The van der Waals surface area contributed by atoms with Gasteiger partial charge in [-0.25, -0.2) is 18.4 Å². The molecule has 8 heteroatoms. The van der Waals surface area contributed by atoms with Crippen molar-refractivity contribution < 1.29 is 13.9 Å². The second kappa shape index (κ2) is 7.81. The normalized spacial score (nSPS) is 17.1. The zero-order valence-electron chi connectivity index (χ0n) is 15.7. The van der Waals surface area contributed by atoms with Gasteiger partial charge in [0.15, 0.2) is 5.82 Å². The number of benzene rings is 1. The lowest BCUT2D eigenvalue weighted by Gasteiger charge is -2.33. The molecule has 1 unspecified atom stereocenters. The van der Waals surface area contributed by atoms with Crippen molar-refractivity contribution in [2.24, 2.45) is 13.0 Å². The molecule has 1 aliphatic heterocycles. The molecule has 6 nitrogen and oxygen atoms in total. The van der Waals surface area contributed by atoms with Crippen molar-refractivity contribution in [2.75, 3.05) is 13.1 Å². The molecule has 28 heavy (non-hydrogen) atoms. The van der Waals surface area contributed by atoms with Gasteiger partial charge in [-0.15, -0.1) is 0 Å². The number of aromatic nitrogens is 4. The van der Waals surface area contributed by atoms with Gasteiger partial charge < -0.3 is 9.67 Å². The molecule has 3 aromatic rings. The fourth-order valence-electron chi connectivity index (χ4n) is 3.78. The summed E-state index contributed by atoms with van der Waals surface area (Å²) >= 11 is 0. The summed E-state index contributed by atoms with van der Waals surface area (Å²) in [7, 11) is 1.89. The Hall–Kier alpha value is -2.58. The molecular weight excluding hydrogens is 364 g/mol. The summed E-state index contributed by atoms with van der Waals surface area (Å²) in [5.41, 5.74) is 1.05. The molecule has 2 aromatic heterocycles. The summed E-state index contributed by atoms with van der Waals surface area (Å²) in [6, 6.07) is 5.30. The molecule has 1 atom stereocenters. The minimum Gasteiger partial charge on any atom is -0.385 e. The topological polar surface area (TPSA) is 59.1 Å². The molecule has 0 bridgehead atoms. The summed E-state index contributed by atoms with van der Waals surface area (Å²) < 4.78 is 30.3. The zero-order chi connectivity index (χ0) is 19.7. The number of likely N-dealkylation sites (tertiary alicyclic amines) is 1. The van der Waals surface area contributed by atoms with E-state index in [1.165, 1.54) is 16.8 Å². The molecule has 0 spiro atoms. The molecule has 0 radical (unpaired) electrons. The summed E-state index contributed by atoms with van der Waals surface area (Å²) in [5.74, 6) is -0.357. The molecule has 4 rings (SSSR count). The van der Waals surface area contributed by atoms with Crippen molar-refractivity contribution >= 4 is 0 Å². The van der Waals surface area contributed by atoms with Crippen LogP contribution in [0.5, 0.6) is 0 Å². The molecule has 148 valence electrons. The van der Waals surface area contributed by atoms with Crippen LogP contribution < -0.4 is 0 Å². The Bertz CT molecular complexity index is 946. The van der Waals surface area contributed by atoms with E-state index in [4.69, 9.17) is 0 Å². The van der Waals surface area contributed by atoms with E-state index in [-0.39, 0.29) is 11.6 Å². The lowest BCUT2D eigenvalue weighted by molar-refractivity contribution is 0.0489. The predicted molar refractivity (Wildman–Crippen MR) is 99.6 cm³/mol. The molecule has 1 N–H and O–H groups in total. The number of hydrogen-bond acceptors (Lipinski definition) is 4. The Kier molecular flexibility index (Phi) is 5.23. The van der Waals surface area contributed by atoms with Gasteiger partial charge in [0.2, 0.25) is 0 Å². The number of imidazole rings is 1. The third kappa shape index (κ3) is 3.83. The first kappa shape index (κ1) is 18.8. The van der Waals surface area contributed by atoms with Gasteiger partial charge in [0.25, 0.3) is 0 Å². The van der Waals surface area contributed by atoms with E-state index in [0.717, 1.165) is 37.7 Å². The zero-order valence-corrected chi connectivity index (χ0v) is 15.7. The standard InChI is InChI=1S/C20H23F2N5O/c1-25-11-7-23-20(25)19(28)14-4-8-26(9-5-14)13-16-6-10-27(24-16)18-3-2-15(21)12-17(18)22/h2-3,6-7,10-12,14,19,28H,4-5,8-9,13H2,1H3. The van der Waals surface area contributed by atoms with Crippen LogP contribution in [0.2, 0.25) is 0 Å². The maximum absolute atomic E-state index is 13.9. The summed E-state index contributed by atoms with van der Waals surface area (Å²) in [4.78, 5) is 6.53. The number of rotatable bonds is 5. The summed E-state index contributed by atoms with van der Waals surface area (Å²) in [6.07, 6.45) is 6.43. The van der Waals surface area contributed by atoms with Gasteiger partial charge in [-0.05, 0) is 50.0 Å². The smallest absolute Gasteiger partial charge is 0.151 e. The average Bonchev–Trinajstić information content (AvgIpc) is 3.31. The van der Waals surface area contributed by atoms with Crippen LogP contribution in [-0.4, -0.2) is 42.4 Å². The van der Waals surface area contributed by atoms with Crippen LogP contribution in [0.3, 0.4) is 0 Å². The maximum atomic E-state index is 13.9. The molecule has 1 saturated heterocycles. The van der Waals surface area contributed by atoms with Crippen molar-refractivity contribution in [3.05, 3.63) is 66.0 Å². The van der Waals surface area contributed by atoms with E-state index < -0.39 is 17.7 Å². The first-order valence-electron chi connectivity index (χ1n) is 9.39. The SMILES string of the molecule is Cn1ccnc1C(O)C1CCN(Cc2ccn(-c3ccc(F)cc3F)n2)CC1. The quantitative estimate of drug-likeness (QED) is 0.731. The Balaban J connectivity index is 1.35. The van der Waals surface area contributed by atoms with Crippen LogP contribution in [0.1, 0.15) is 30.5 Å². The second-order valence-electron chi connectivity index (χ2n) is 7.30. The van der Waals surface area contributed by atoms with Crippen molar-refractivity contribution in [3.8, 4) is 5.69 Å². The van der Waals surface area contributed by atoms with E-state index in [1.807, 2.05) is 23.9 Å². The summed E-state index contributed by atoms with van der Waals surface area (Å²) in [5, 5.41) is 15.0. The Morgan fingerprint density at radius 2 is 1.96 bits per heavy atom. The summed E-state index contributed by atoms with van der Waals surface area (Å²) in [6.45, 7) is 2.36. The van der Waals surface area contributed by atoms with Crippen LogP contribution in [0.15, 0.2) is 42.9 Å². The van der Waals surface area contributed by atoms with Gasteiger partial charge in [-0.1, -0.05) is 0 Å². The lowest BCUT2D eigenvalue weighted by atomic mass is 9.90. The van der Waals surface area contributed by atoms with Crippen LogP contribution in [0.4, 0.5) is 8.78 Å².